The minimum absolute atomic E-state index is 0. The van der Waals surface area contributed by atoms with E-state index in [2.05, 4.69) is 151 Å². The Morgan fingerprint density at radius 3 is 2.04 bits per heavy atom. The Kier molecular flexibility index (Phi) is 9.55. The summed E-state index contributed by atoms with van der Waals surface area (Å²) in [7, 11) is 0. The summed E-state index contributed by atoms with van der Waals surface area (Å²) < 4.78 is 9.06. The van der Waals surface area contributed by atoms with Crippen molar-refractivity contribution in [3.05, 3.63) is 199 Å². The van der Waals surface area contributed by atoms with Crippen molar-refractivity contribution in [1.82, 2.24) is 14.5 Å². The SMILES string of the molecule is Cc1cc(-c2ccccc2)cc(C)c1-n1c2ccccc2c2cnc(-c3[c-]ccc4c3oc3c5ccccc5ccc43)cc21.[Ir].[c-]1ccccc1-c1ccccn1. The van der Waals surface area contributed by atoms with Crippen LogP contribution in [0.25, 0.3) is 93.8 Å². The first-order chi connectivity index (χ1) is 27.6. The van der Waals surface area contributed by atoms with E-state index in [-0.39, 0.29) is 20.1 Å². The van der Waals surface area contributed by atoms with Gasteiger partial charge in [-0.25, -0.2) is 0 Å². The molecule has 5 heteroatoms. The van der Waals surface area contributed by atoms with Crippen LogP contribution in [0.4, 0.5) is 0 Å². The van der Waals surface area contributed by atoms with Gasteiger partial charge in [-0.05, 0) is 77.1 Å². The van der Waals surface area contributed by atoms with E-state index in [1.165, 1.54) is 33.3 Å². The van der Waals surface area contributed by atoms with Crippen molar-refractivity contribution in [2.75, 3.05) is 0 Å². The number of para-hydroxylation sites is 1. The van der Waals surface area contributed by atoms with E-state index in [4.69, 9.17) is 9.40 Å². The first-order valence-corrected chi connectivity index (χ1v) is 18.8. The molecule has 0 atom stereocenters. The summed E-state index contributed by atoms with van der Waals surface area (Å²) in [4.78, 5) is 9.23. The third-order valence-electron chi connectivity index (χ3n) is 10.6. The average molecular weight is 910 g/mol. The van der Waals surface area contributed by atoms with Crippen LogP contribution in [0.5, 0.6) is 0 Å². The van der Waals surface area contributed by atoms with Crippen molar-refractivity contribution < 1.29 is 24.5 Å². The summed E-state index contributed by atoms with van der Waals surface area (Å²) in [5, 5.41) is 6.76. The fourth-order valence-corrected chi connectivity index (χ4v) is 8.08. The van der Waals surface area contributed by atoms with Gasteiger partial charge in [0.25, 0.3) is 0 Å². The van der Waals surface area contributed by atoms with Crippen molar-refractivity contribution >= 4 is 54.5 Å². The maximum atomic E-state index is 6.65. The third kappa shape index (κ3) is 6.41. The van der Waals surface area contributed by atoms with Crippen LogP contribution in [-0.2, 0) is 20.1 Å². The molecule has 0 amide bonds. The van der Waals surface area contributed by atoms with Crippen LogP contribution in [0.2, 0.25) is 0 Å². The summed E-state index contributed by atoms with van der Waals surface area (Å²) in [6.45, 7) is 4.43. The molecule has 0 spiro atoms. The normalized spacial score (nSPS) is 11.2. The second-order valence-corrected chi connectivity index (χ2v) is 14.1. The molecule has 0 saturated carbocycles. The summed E-state index contributed by atoms with van der Waals surface area (Å²) >= 11 is 0. The van der Waals surface area contributed by atoms with E-state index < -0.39 is 0 Å². The van der Waals surface area contributed by atoms with Crippen LogP contribution in [0.15, 0.2) is 181 Å². The number of benzene rings is 7. The first-order valence-electron chi connectivity index (χ1n) is 18.8. The first kappa shape index (κ1) is 36.0. The fraction of sp³-hybridized carbons (Fsp3) is 0.0385. The van der Waals surface area contributed by atoms with Gasteiger partial charge in [0.1, 0.15) is 5.58 Å². The predicted molar refractivity (Wildman–Crippen MR) is 231 cm³/mol. The van der Waals surface area contributed by atoms with Crippen molar-refractivity contribution in [1.29, 1.82) is 0 Å². The smallest absolute Gasteiger partial charge is 0.128 e. The minimum Gasteiger partial charge on any atom is -0.500 e. The van der Waals surface area contributed by atoms with Gasteiger partial charge in [-0.15, -0.1) is 54.1 Å². The predicted octanol–water partition coefficient (Wildman–Crippen LogP) is 13.5. The number of hydrogen-bond donors (Lipinski definition) is 0. The molecule has 0 bridgehead atoms. The Morgan fingerprint density at radius 2 is 1.25 bits per heavy atom. The van der Waals surface area contributed by atoms with Gasteiger partial charge in [-0.3, -0.25) is 0 Å². The molecular formula is C52H35IrN3O-2. The Hall–Kier alpha value is -6.65. The Labute approximate surface area is 344 Å². The maximum absolute atomic E-state index is 6.65. The van der Waals surface area contributed by atoms with Gasteiger partial charge in [0.05, 0.1) is 16.8 Å². The molecule has 11 rings (SSSR count). The monoisotopic (exact) mass is 910 g/mol. The molecule has 7 aromatic carbocycles. The number of rotatable bonds is 4. The van der Waals surface area contributed by atoms with Crippen LogP contribution in [0.3, 0.4) is 0 Å². The van der Waals surface area contributed by atoms with Gasteiger partial charge >= 0.3 is 0 Å². The van der Waals surface area contributed by atoms with E-state index in [0.717, 1.165) is 71.6 Å². The molecule has 57 heavy (non-hydrogen) atoms. The number of nitrogens with zero attached hydrogens (tertiary/aromatic N) is 3. The van der Waals surface area contributed by atoms with Gasteiger partial charge in [-0.1, -0.05) is 114 Å². The van der Waals surface area contributed by atoms with Crippen LogP contribution in [0.1, 0.15) is 11.1 Å². The molecular weight excluding hydrogens is 875 g/mol. The van der Waals surface area contributed by atoms with Crippen LogP contribution < -0.4 is 0 Å². The zero-order valence-corrected chi connectivity index (χ0v) is 33.7. The molecule has 0 saturated heterocycles. The van der Waals surface area contributed by atoms with Gasteiger partial charge in [0.2, 0.25) is 0 Å². The van der Waals surface area contributed by atoms with Crippen LogP contribution in [-0.4, -0.2) is 14.5 Å². The van der Waals surface area contributed by atoms with Gasteiger partial charge in [-0.2, -0.15) is 0 Å². The fourth-order valence-electron chi connectivity index (χ4n) is 8.08. The van der Waals surface area contributed by atoms with Gasteiger partial charge < -0.3 is 19.0 Å². The number of fused-ring (bicyclic) bond motifs is 8. The van der Waals surface area contributed by atoms with Crippen LogP contribution in [0, 0.1) is 26.0 Å². The largest absolute Gasteiger partial charge is 0.500 e. The average Bonchev–Trinajstić information content (AvgIpc) is 3.81. The second kappa shape index (κ2) is 15.1. The molecule has 0 aliphatic heterocycles. The van der Waals surface area contributed by atoms with Crippen LogP contribution >= 0.6 is 0 Å². The van der Waals surface area contributed by atoms with Crippen molar-refractivity contribution in [2.45, 2.75) is 13.8 Å². The van der Waals surface area contributed by atoms with Gasteiger partial charge in [0.15, 0.2) is 0 Å². The molecule has 4 heterocycles. The molecule has 4 aromatic heterocycles. The Morgan fingerprint density at radius 1 is 0.509 bits per heavy atom. The molecule has 4 nitrogen and oxygen atoms in total. The van der Waals surface area contributed by atoms with Gasteiger partial charge in [0, 0.05) is 59.6 Å². The third-order valence-corrected chi connectivity index (χ3v) is 10.6. The molecule has 1 radical (unpaired) electrons. The number of aryl methyl sites for hydroxylation is 2. The van der Waals surface area contributed by atoms with Crippen molar-refractivity contribution in [2.24, 2.45) is 0 Å². The molecule has 0 aliphatic rings. The maximum Gasteiger partial charge on any atom is 0.128 e. The van der Waals surface area contributed by atoms with E-state index in [1.807, 2.05) is 54.7 Å². The number of hydrogen-bond acceptors (Lipinski definition) is 3. The second-order valence-electron chi connectivity index (χ2n) is 14.1. The molecule has 0 unspecified atom stereocenters. The zero-order valence-electron chi connectivity index (χ0n) is 31.3. The van der Waals surface area contributed by atoms with Crippen molar-refractivity contribution in [3.63, 3.8) is 0 Å². The molecule has 275 valence electrons. The standard InChI is InChI=1S/C41H27N2O.C11H8N.Ir/c1-25-21-29(27-11-4-3-5-12-27)22-26(2)39(25)43-37-18-9-8-15-31(37)35-24-42-36(23-38(35)43)34-17-10-16-32-33-20-19-28-13-6-7-14-30(28)40(33)44-41(32)34;1-2-6-10(7-3-1)11-8-4-5-9-12-11;/h3-16,18-24H,1-2H3;1-6,8-9H;/q2*-1;. The summed E-state index contributed by atoms with van der Waals surface area (Å²) in [6.07, 6.45) is 3.80. The summed E-state index contributed by atoms with van der Waals surface area (Å²) in [6, 6.07) is 63.1. The molecule has 11 aromatic rings. The minimum atomic E-state index is 0. The quantitative estimate of drug-likeness (QED) is 0.165. The van der Waals surface area contributed by atoms with E-state index in [1.54, 1.807) is 6.20 Å². The van der Waals surface area contributed by atoms with E-state index in [0.29, 0.717) is 0 Å². The summed E-state index contributed by atoms with van der Waals surface area (Å²) in [5.74, 6) is 0. The van der Waals surface area contributed by atoms with E-state index in [9.17, 15) is 0 Å². The van der Waals surface area contributed by atoms with Crippen molar-refractivity contribution in [3.8, 4) is 39.3 Å². The summed E-state index contributed by atoms with van der Waals surface area (Å²) in [5.41, 5.74) is 13.8. The number of pyridine rings is 2. The Balaban J connectivity index is 0.000000279. The van der Waals surface area contributed by atoms with E-state index >= 15 is 0 Å². The molecule has 0 N–H and O–H groups in total. The molecule has 0 aliphatic carbocycles. The zero-order chi connectivity index (χ0) is 37.6. The number of aromatic nitrogens is 3. The Bertz CT molecular complexity index is 3150. The number of furan rings is 1. The topological polar surface area (TPSA) is 43.9 Å². The molecule has 0 fully saturated rings.